The number of imidazole rings is 1. The predicted molar refractivity (Wildman–Crippen MR) is 53.4 cm³/mol. The monoisotopic (exact) mass is 228 g/mol. The molecule has 0 atom stereocenters. The zero-order valence-electron chi connectivity index (χ0n) is 8.32. The molecule has 1 aromatic rings. The fraction of sp³-hybridized carbons (Fsp3) is 0.500. The molecule has 1 aromatic heterocycles. The van der Waals surface area contributed by atoms with E-state index < -0.39 is 10.0 Å². The number of sulfonamides is 1. The highest BCUT2D eigenvalue weighted by molar-refractivity contribution is 7.89. The number of nitrogens with zero attached hydrogens (tertiary/aromatic N) is 2. The van der Waals surface area contributed by atoms with Gasteiger partial charge in [0.15, 0.2) is 5.03 Å². The molecule has 0 spiro atoms. The fourth-order valence-electron chi connectivity index (χ4n) is 0.979. The summed E-state index contributed by atoms with van der Waals surface area (Å²) in [7, 11) is -3.54. The van der Waals surface area contributed by atoms with Gasteiger partial charge in [0.2, 0.25) is 0 Å². The van der Waals surface area contributed by atoms with Gasteiger partial charge in [-0.1, -0.05) is 6.92 Å². The summed E-state index contributed by atoms with van der Waals surface area (Å²) in [5, 5.41) is 8.31. The minimum Gasteiger partial charge on any atom is -0.332 e. The lowest BCUT2D eigenvalue weighted by Crippen LogP contribution is -2.24. The van der Waals surface area contributed by atoms with Crippen LogP contribution in [-0.4, -0.2) is 24.9 Å². The molecular formula is C8H12N4O2S. The maximum atomic E-state index is 11.5. The third kappa shape index (κ3) is 3.04. The van der Waals surface area contributed by atoms with Crippen molar-refractivity contribution in [3.8, 4) is 6.07 Å². The Balaban J connectivity index is 2.74. The Bertz CT molecular complexity index is 457. The van der Waals surface area contributed by atoms with Crippen LogP contribution in [-0.2, 0) is 16.4 Å². The average molecular weight is 228 g/mol. The van der Waals surface area contributed by atoms with Crippen LogP contribution in [0.4, 0.5) is 0 Å². The van der Waals surface area contributed by atoms with Gasteiger partial charge in [0.05, 0.1) is 12.3 Å². The van der Waals surface area contributed by atoms with E-state index in [9.17, 15) is 8.42 Å². The lowest BCUT2D eigenvalue weighted by molar-refractivity contribution is 0.579. The van der Waals surface area contributed by atoms with Crippen LogP contribution in [0.5, 0.6) is 0 Å². The number of H-pyrrole nitrogens is 1. The van der Waals surface area contributed by atoms with E-state index in [1.165, 1.54) is 6.20 Å². The van der Waals surface area contributed by atoms with Gasteiger partial charge in [0.25, 0.3) is 10.0 Å². The van der Waals surface area contributed by atoms with Gasteiger partial charge in [-0.2, -0.15) is 5.26 Å². The van der Waals surface area contributed by atoms with Crippen molar-refractivity contribution >= 4 is 10.0 Å². The van der Waals surface area contributed by atoms with Crippen LogP contribution in [0.3, 0.4) is 0 Å². The molecule has 82 valence electrons. The van der Waals surface area contributed by atoms with E-state index in [0.29, 0.717) is 12.2 Å². The Hall–Kier alpha value is -1.39. The van der Waals surface area contributed by atoms with Gasteiger partial charge in [-0.3, -0.25) is 0 Å². The van der Waals surface area contributed by atoms with Crippen LogP contribution < -0.4 is 4.72 Å². The number of aromatic nitrogens is 2. The van der Waals surface area contributed by atoms with Crippen LogP contribution in [0.2, 0.25) is 0 Å². The second kappa shape index (κ2) is 4.91. The molecule has 2 N–H and O–H groups in total. The quantitative estimate of drug-likeness (QED) is 0.701. The number of hydrogen-bond acceptors (Lipinski definition) is 4. The maximum Gasteiger partial charge on any atom is 0.257 e. The van der Waals surface area contributed by atoms with Gasteiger partial charge in [-0.15, -0.1) is 0 Å². The summed E-state index contributed by atoms with van der Waals surface area (Å²) in [6.07, 6.45) is 2.06. The highest BCUT2D eigenvalue weighted by atomic mass is 32.2. The number of nitrogens with one attached hydrogen (secondary N) is 2. The molecule has 0 aliphatic rings. The first-order chi connectivity index (χ1) is 7.10. The predicted octanol–water partition coefficient (Wildman–Crippen LogP) is 0.164. The molecule has 1 rings (SSSR count). The van der Waals surface area contributed by atoms with Crippen LogP contribution in [0.1, 0.15) is 19.2 Å². The Kier molecular flexibility index (Phi) is 3.82. The lowest BCUT2D eigenvalue weighted by Gasteiger charge is -2.00. The molecule has 1 heterocycles. The molecule has 7 heteroatoms. The van der Waals surface area contributed by atoms with Gasteiger partial charge in [-0.05, 0) is 0 Å². The molecule has 0 unspecified atom stereocenters. The van der Waals surface area contributed by atoms with Crippen molar-refractivity contribution in [1.29, 1.82) is 5.26 Å². The van der Waals surface area contributed by atoms with E-state index in [4.69, 9.17) is 5.26 Å². The molecule has 0 aromatic carbocycles. The summed E-state index contributed by atoms with van der Waals surface area (Å²) >= 11 is 0. The van der Waals surface area contributed by atoms with Gasteiger partial charge >= 0.3 is 0 Å². The zero-order valence-corrected chi connectivity index (χ0v) is 9.13. The second-order valence-corrected chi connectivity index (χ2v) is 4.59. The number of hydrogen-bond donors (Lipinski definition) is 2. The first kappa shape index (κ1) is 11.7. The standard InChI is InChI=1S/C8H12N4O2S/c1-2-7-10-6-8(12-7)15(13,14)11-5-3-4-9/h6,11H,2-3,5H2,1H3,(H,10,12). The van der Waals surface area contributed by atoms with E-state index in [1.54, 1.807) is 0 Å². The lowest BCUT2D eigenvalue weighted by atomic mass is 10.5. The molecule has 0 aliphatic carbocycles. The molecule has 0 fully saturated rings. The molecule has 0 bridgehead atoms. The van der Waals surface area contributed by atoms with E-state index in [1.807, 2.05) is 13.0 Å². The Morgan fingerprint density at radius 1 is 1.67 bits per heavy atom. The normalized spacial score (nSPS) is 11.2. The molecular weight excluding hydrogens is 216 g/mol. The summed E-state index contributed by atoms with van der Waals surface area (Å²) in [6, 6.07) is 1.86. The summed E-state index contributed by atoms with van der Waals surface area (Å²) in [5.41, 5.74) is 0. The zero-order chi connectivity index (χ0) is 11.3. The van der Waals surface area contributed by atoms with Crippen molar-refractivity contribution in [2.75, 3.05) is 6.54 Å². The van der Waals surface area contributed by atoms with Crippen molar-refractivity contribution in [2.24, 2.45) is 0 Å². The van der Waals surface area contributed by atoms with Crippen molar-refractivity contribution in [2.45, 2.75) is 24.8 Å². The van der Waals surface area contributed by atoms with Crippen molar-refractivity contribution in [3.05, 3.63) is 12.0 Å². The largest absolute Gasteiger partial charge is 0.332 e. The van der Waals surface area contributed by atoms with Crippen molar-refractivity contribution < 1.29 is 8.42 Å². The summed E-state index contributed by atoms with van der Waals surface area (Å²) in [5.74, 6) is 0.621. The van der Waals surface area contributed by atoms with Gasteiger partial charge in [0, 0.05) is 19.4 Å². The number of rotatable bonds is 5. The van der Waals surface area contributed by atoms with E-state index in [0.717, 1.165) is 0 Å². The number of aromatic amines is 1. The SMILES string of the molecule is CCc1ncc(S(=O)(=O)NCCC#N)[nH]1. The molecule has 0 amide bonds. The third-order valence-corrected chi connectivity index (χ3v) is 3.13. The van der Waals surface area contributed by atoms with E-state index in [-0.39, 0.29) is 18.0 Å². The second-order valence-electron chi connectivity index (χ2n) is 2.85. The smallest absolute Gasteiger partial charge is 0.257 e. The molecule has 15 heavy (non-hydrogen) atoms. The highest BCUT2D eigenvalue weighted by Crippen LogP contribution is 2.05. The molecule has 0 radical (unpaired) electrons. The van der Waals surface area contributed by atoms with Gasteiger partial charge < -0.3 is 4.98 Å². The Morgan fingerprint density at radius 2 is 2.40 bits per heavy atom. The van der Waals surface area contributed by atoms with Gasteiger partial charge in [0.1, 0.15) is 5.82 Å². The summed E-state index contributed by atoms with van der Waals surface area (Å²) < 4.78 is 25.4. The van der Waals surface area contributed by atoms with E-state index in [2.05, 4.69) is 14.7 Å². The fourth-order valence-corrected chi connectivity index (χ4v) is 1.95. The Labute approximate surface area is 88.4 Å². The summed E-state index contributed by atoms with van der Waals surface area (Å²) in [4.78, 5) is 6.58. The number of aryl methyl sites for hydroxylation is 1. The molecule has 0 aliphatic heterocycles. The van der Waals surface area contributed by atoms with Crippen LogP contribution in [0.15, 0.2) is 11.2 Å². The molecule has 0 saturated carbocycles. The van der Waals surface area contributed by atoms with Crippen molar-refractivity contribution in [1.82, 2.24) is 14.7 Å². The average Bonchev–Trinajstić information content (AvgIpc) is 2.66. The van der Waals surface area contributed by atoms with Crippen molar-refractivity contribution in [3.63, 3.8) is 0 Å². The third-order valence-electron chi connectivity index (χ3n) is 1.76. The Morgan fingerprint density at radius 3 is 2.93 bits per heavy atom. The first-order valence-electron chi connectivity index (χ1n) is 4.50. The number of nitriles is 1. The molecule has 0 saturated heterocycles. The topological polar surface area (TPSA) is 98.6 Å². The first-order valence-corrected chi connectivity index (χ1v) is 5.99. The minimum absolute atomic E-state index is 0.0392. The summed E-state index contributed by atoms with van der Waals surface area (Å²) in [6.45, 7) is 1.98. The van der Waals surface area contributed by atoms with E-state index >= 15 is 0 Å². The van der Waals surface area contributed by atoms with Crippen LogP contribution in [0.25, 0.3) is 0 Å². The van der Waals surface area contributed by atoms with Crippen LogP contribution >= 0.6 is 0 Å². The van der Waals surface area contributed by atoms with Crippen LogP contribution in [0, 0.1) is 11.3 Å². The highest BCUT2D eigenvalue weighted by Gasteiger charge is 2.15. The minimum atomic E-state index is -3.54. The maximum absolute atomic E-state index is 11.5. The van der Waals surface area contributed by atoms with Gasteiger partial charge in [-0.25, -0.2) is 18.1 Å². The molecule has 6 nitrogen and oxygen atoms in total.